The van der Waals surface area contributed by atoms with Crippen molar-refractivity contribution >= 4 is 39.1 Å². The number of esters is 1. The summed E-state index contributed by atoms with van der Waals surface area (Å²) in [5.74, 6) is -0.0656. The number of nitrogens with zero attached hydrogens (tertiary/aromatic N) is 1. The van der Waals surface area contributed by atoms with Crippen molar-refractivity contribution in [2.75, 3.05) is 0 Å². The van der Waals surface area contributed by atoms with Gasteiger partial charge in [-0.25, -0.2) is 9.78 Å². The van der Waals surface area contributed by atoms with Crippen LogP contribution in [0.1, 0.15) is 17.0 Å². The largest absolute Gasteiger partial charge is 0.453 e. The van der Waals surface area contributed by atoms with Crippen molar-refractivity contribution in [2.24, 2.45) is 0 Å². The van der Waals surface area contributed by atoms with E-state index in [9.17, 15) is 4.79 Å². The molecular formula is C18H14BrNO3. The number of carbonyl (C=O) groups is 1. The number of carbonyl (C=O) groups excluding carboxylic acids is 1. The van der Waals surface area contributed by atoms with E-state index in [2.05, 4.69) is 20.9 Å². The first-order chi connectivity index (χ1) is 11.1. The lowest BCUT2D eigenvalue weighted by atomic mass is 10.1. The monoisotopic (exact) mass is 371 g/mol. The molecule has 0 N–H and O–H groups in total. The first kappa shape index (κ1) is 15.5. The first-order valence-electron chi connectivity index (χ1n) is 7.07. The average molecular weight is 372 g/mol. The Morgan fingerprint density at radius 3 is 2.91 bits per heavy atom. The van der Waals surface area contributed by atoms with Crippen LogP contribution in [0, 0.1) is 6.92 Å². The molecule has 4 nitrogen and oxygen atoms in total. The normalized spacial score (nSPS) is 11.2. The quantitative estimate of drug-likeness (QED) is 0.494. The third-order valence-electron chi connectivity index (χ3n) is 3.23. The van der Waals surface area contributed by atoms with Gasteiger partial charge in [0.05, 0.1) is 0 Å². The molecule has 1 aromatic heterocycles. The molecule has 2 aromatic carbocycles. The van der Waals surface area contributed by atoms with Crippen molar-refractivity contribution in [3.63, 3.8) is 0 Å². The predicted molar refractivity (Wildman–Crippen MR) is 91.7 cm³/mol. The zero-order valence-electron chi connectivity index (χ0n) is 12.5. The summed E-state index contributed by atoms with van der Waals surface area (Å²) in [5.41, 5.74) is 3.48. The van der Waals surface area contributed by atoms with Gasteiger partial charge in [-0.05, 0) is 42.3 Å². The highest BCUT2D eigenvalue weighted by atomic mass is 79.9. The van der Waals surface area contributed by atoms with Crippen LogP contribution in [0.4, 0.5) is 0 Å². The number of aryl methyl sites for hydroxylation is 1. The van der Waals surface area contributed by atoms with E-state index in [0.29, 0.717) is 11.5 Å². The van der Waals surface area contributed by atoms with Crippen LogP contribution in [0.2, 0.25) is 0 Å². The summed E-state index contributed by atoms with van der Waals surface area (Å²) in [6.07, 6.45) is 3.09. The van der Waals surface area contributed by atoms with E-state index in [1.807, 2.05) is 49.4 Å². The Labute approximate surface area is 141 Å². The molecule has 0 fully saturated rings. The van der Waals surface area contributed by atoms with Gasteiger partial charge in [-0.15, -0.1) is 0 Å². The van der Waals surface area contributed by atoms with Gasteiger partial charge in [0.2, 0.25) is 5.89 Å². The molecule has 0 saturated carbocycles. The molecule has 0 unspecified atom stereocenters. The van der Waals surface area contributed by atoms with Gasteiger partial charge in [0.15, 0.2) is 12.2 Å². The molecule has 0 aliphatic rings. The number of aromatic nitrogens is 1. The third-order valence-corrected chi connectivity index (χ3v) is 3.92. The molecular weight excluding hydrogens is 358 g/mol. The standard InChI is InChI=1S/C18H14BrNO3/c1-12-6-7-13(14(19)10-12)8-9-18(21)22-11-17-20-15-4-2-3-5-16(15)23-17/h2-10H,11H2,1H3/b9-8+. The summed E-state index contributed by atoms with van der Waals surface area (Å²) in [5, 5.41) is 0. The number of rotatable bonds is 4. The van der Waals surface area contributed by atoms with Gasteiger partial charge >= 0.3 is 5.97 Å². The lowest BCUT2D eigenvalue weighted by Crippen LogP contribution is -2.00. The summed E-state index contributed by atoms with van der Waals surface area (Å²) < 4.78 is 11.6. The van der Waals surface area contributed by atoms with Gasteiger partial charge in [0, 0.05) is 10.5 Å². The lowest BCUT2D eigenvalue weighted by molar-refractivity contribution is -0.139. The molecule has 3 rings (SSSR count). The topological polar surface area (TPSA) is 52.3 Å². The van der Waals surface area contributed by atoms with Crippen LogP contribution in [-0.4, -0.2) is 11.0 Å². The van der Waals surface area contributed by atoms with E-state index in [1.54, 1.807) is 6.08 Å². The molecule has 0 saturated heterocycles. The number of fused-ring (bicyclic) bond motifs is 1. The highest BCUT2D eigenvalue weighted by molar-refractivity contribution is 9.10. The summed E-state index contributed by atoms with van der Waals surface area (Å²) in [6.45, 7) is 2.01. The number of hydrogen-bond donors (Lipinski definition) is 0. The Balaban J connectivity index is 1.61. The highest BCUT2D eigenvalue weighted by Crippen LogP contribution is 2.20. The third kappa shape index (κ3) is 3.87. The maximum Gasteiger partial charge on any atom is 0.331 e. The number of oxazole rings is 1. The fourth-order valence-electron chi connectivity index (χ4n) is 2.09. The molecule has 23 heavy (non-hydrogen) atoms. The number of para-hydroxylation sites is 2. The van der Waals surface area contributed by atoms with Crippen LogP contribution in [-0.2, 0) is 16.1 Å². The van der Waals surface area contributed by atoms with Crippen molar-refractivity contribution in [2.45, 2.75) is 13.5 Å². The SMILES string of the molecule is Cc1ccc(/C=C/C(=O)OCc2nc3ccccc3o2)c(Br)c1. The molecule has 0 atom stereocenters. The van der Waals surface area contributed by atoms with Gasteiger partial charge in [-0.3, -0.25) is 0 Å². The van der Waals surface area contributed by atoms with Crippen molar-refractivity contribution < 1.29 is 13.9 Å². The van der Waals surface area contributed by atoms with E-state index >= 15 is 0 Å². The van der Waals surface area contributed by atoms with Crippen molar-refractivity contribution in [3.05, 3.63) is 70.0 Å². The Morgan fingerprint density at radius 2 is 2.13 bits per heavy atom. The second kappa shape index (κ2) is 6.79. The van der Waals surface area contributed by atoms with Gasteiger partial charge in [-0.2, -0.15) is 0 Å². The van der Waals surface area contributed by atoms with Crippen LogP contribution >= 0.6 is 15.9 Å². The molecule has 3 aromatic rings. The predicted octanol–water partition coefficient (Wildman–Crippen LogP) is 4.66. The second-order valence-electron chi connectivity index (χ2n) is 5.04. The van der Waals surface area contributed by atoms with Crippen LogP contribution < -0.4 is 0 Å². The van der Waals surface area contributed by atoms with Gasteiger partial charge in [-0.1, -0.05) is 40.2 Å². The summed E-state index contributed by atoms with van der Waals surface area (Å²) in [7, 11) is 0. The van der Waals surface area contributed by atoms with Crippen LogP contribution in [0.25, 0.3) is 17.2 Å². The lowest BCUT2D eigenvalue weighted by Gasteiger charge is -2.00. The van der Waals surface area contributed by atoms with Crippen molar-refractivity contribution in [1.82, 2.24) is 4.98 Å². The number of halogens is 1. The Kier molecular flexibility index (Phi) is 4.57. The number of hydrogen-bond acceptors (Lipinski definition) is 4. The van der Waals surface area contributed by atoms with Crippen LogP contribution in [0.5, 0.6) is 0 Å². The van der Waals surface area contributed by atoms with E-state index in [1.165, 1.54) is 6.08 Å². The molecule has 0 radical (unpaired) electrons. The maximum atomic E-state index is 11.8. The molecule has 1 heterocycles. The van der Waals surface area contributed by atoms with Gasteiger partial charge in [0.1, 0.15) is 5.52 Å². The zero-order valence-corrected chi connectivity index (χ0v) is 14.0. The number of ether oxygens (including phenoxy) is 1. The Morgan fingerprint density at radius 1 is 1.30 bits per heavy atom. The smallest absolute Gasteiger partial charge is 0.331 e. The van der Waals surface area contributed by atoms with E-state index in [4.69, 9.17) is 9.15 Å². The summed E-state index contributed by atoms with van der Waals surface area (Å²) >= 11 is 3.46. The summed E-state index contributed by atoms with van der Waals surface area (Å²) in [6, 6.07) is 13.3. The zero-order chi connectivity index (χ0) is 16.2. The molecule has 0 amide bonds. The highest BCUT2D eigenvalue weighted by Gasteiger charge is 2.07. The van der Waals surface area contributed by atoms with Gasteiger partial charge in [0.25, 0.3) is 0 Å². The van der Waals surface area contributed by atoms with E-state index < -0.39 is 5.97 Å². The minimum atomic E-state index is -0.445. The molecule has 116 valence electrons. The molecule has 0 aliphatic heterocycles. The van der Waals surface area contributed by atoms with E-state index in [-0.39, 0.29) is 6.61 Å². The fourth-order valence-corrected chi connectivity index (χ4v) is 2.71. The minimum Gasteiger partial charge on any atom is -0.453 e. The van der Waals surface area contributed by atoms with Crippen molar-refractivity contribution in [3.8, 4) is 0 Å². The summed E-state index contributed by atoms with van der Waals surface area (Å²) in [4.78, 5) is 16.0. The molecule has 0 spiro atoms. The molecule has 0 bridgehead atoms. The first-order valence-corrected chi connectivity index (χ1v) is 7.86. The molecule has 0 aliphatic carbocycles. The Hall–Kier alpha value is -2.40. The Bertz CT molecular complexity index is 850. The van der Waals surface area contributed by atoms with Gasteiger partial charge < -0.3 is 9.15 Å². The molecule has 5 heteroatoms. The number of benzene rings is 2. The van der Waals surface area contributed by atoms with Crippen LogP contribution in [0.3, 0.4) is 0 Å². The van der Waals surface area contributed by atoms with E-state index in [0.717, 1.165) is 21.1 Å². The second-order valence-corrected chi connectivity index (χ2v) is 5.90. The fraction of sp³-hybridized carbons (Fsp3) is 0.111. The minimum absolute atomic E-state index is 0.00687. The van der Waals surface area contributed by atoms with Crippen LogP contribution in [0.15, 0.2) is 57.4 Å². The maximum absolute atomic E-state index is 11.8. The average Bonchev–Trinajstić information content (AvgIpc) is 2.95. The van der Waals surface area contributed by atoms with Crippen molar-refractivity contribution in [1.29, 1.82) is 0 Å².